The summed E-state index contributed by atoms with van der Waals surface area (Å²) in [6.07, 6.45) is 29.3. The normalized spacial score (nSPS) is 24.1. The number of ether oxygens (including phenoxy) is 2. The number of aldehydes is 1. The number of hydrogen-bond donors (Lipinski definition) is 10. The molecule has 5 heterocycles. The standard InChI is InChI=1S/C24H45N3O4.C24H39N3O3.C21H39N3O4.C5H4O3.C3H6O.B.Na.H/c1-6-14-27-16-21(28)19(13-12-17(27)2)25-22(29)20(15-18-10-8-7-9-11-18)26-23(30)31-24(3,4)5;1-3-13-27-17-22(28)21(12-11-18(27)2)25-16-20(15-19-8-5-4-6-9-19)26-24(29)23-10-7-14-30-23;1-14-10-11-16(18(25)13-22-14)23-19(26)17(12-15-8-6-5-7-9-15)24-20(27)28-21(2,3)4;6-5(7)4-2-1-3-8-4;1-2-3-4;;;/h17-21,28H,6-16H2,1-5H3,(H,25,29)(H,26,30);7,10,14,18-21,25H,3-6,8-9,11-13,15-17H2,1-2H3,(H,26,29);14-18,22,25H,5-13H2,1-4H3,(H,23,26)(H,24,27);1-3H,(H,6,7);3H,2H2,1H3;;;/q;;;;;;+1;-1/t17-,19+,20+,21+;18-,20+,21+;14-,16+,17+,18+;;;;;/m111...../s1. The van der Waals surface area contributed by atoms with Crippen LogP contribution in [0.1, 0.15) is 279 Å². The number of aliphatic hydroxyl groups excluding tert-OH is 2. The Morgan fingerprint density at radius 3 is 1.50 bits per heavy atom. The average molecular weight is 1460 g/mol. The van der Waals surface area contributed by atoms with Crippen molar-refractivity contribution < 1.29 is 103 Å². The third kappa shape index (κ3) is 38.5. The zero-order chi connectivity index (χ0) is 74.5. The molecular weight excluding hydrogens is 1320 g/mol. The minimum Gasteiger partial charge on any atom is -1.00 e. The number of carboxylic acids is 1. The van der Waals surface area contributed by atoms with Crippen molar-refractivity contribution in [3.8, 4) is 0 Å². The van der Waals surface area contributed by atoms with Crippen LogP contribution >= 0.6 is 0 Å². The number of ketones is 1. The Morgan fingerprint density at radius 1 is 0.621 bits per heavy atom. The van der Waals surface area contributed by atoms with Crippen molar-refractivity contribution >= 4 is 56.4 Å². The number of nitrogens with zero attached hydrogens (tertiary/aromatic N) is 2. The van der Waals surface area contributed by atoms with Crippen molar-refractivity contribution in [2.75, 3.05) is 39.3 Å². The number of hydrogen-bond acceptors (Lipinski definition) is 18. The molecule has 2 aromatic heterocycles. The number of carboxylic acid groups (broad SMARTS) is 1. The summed E-state index contributed by atoms with van der Waals surface area (Å²) in [5, 5.41) is 50.9. The number of amides is 5. The van der Waals surface area contributed by atoms with Crippen LogP contribution in [-0.4, -0.2) is 199 Å². The van der Waals surface area contributed by atoms with E-state index in [2.05, 4.69) is 86.1 Å². The predicted octanol–water partition coefficient (Wildman–Crippen LogP) is 8.14. The van der Waals surface area contributed by atoms with Gasteiger partial charge in [-0.2, -0.15) is 0 Å². The first-order valence-electron chi connectivity index (χ1n) is 38.5. The molecule has 6 fully saturated rings. The van der Waals surface area contributed by atoms with Gasteiger partial charge in [0.15, 0.2) is 11.5 Å². The first-order chi connectivity index (χ1) is 48.0. The summed E-state index contributed by atoms with van der Waals surface area (Å²) in [7, 11) is 0. The van der Waals surface area contributed by atoms with Crippen molar-refractivity contribution in [1.82, 2.24) is 47.0 Å². The Bertz CT molecular complexity index is 2690. The van der Waals surface area contributed by atoms with Gasteiger partial charge in [-0.15, -0.1) is 0 Å². The minimum atomic E-state index is -1.03. The second-order valence-electron chi connectivity index (χ2n) is 31.1. The molecule has 0 spiro atoms. The Balaban J connectivity index is 0.000000710. The number of β-amino-alcohol motifs (C(OH)–C–C–N with tert-alkyl or cyclic N) is 2. The monoisotopic (exact) mass is 1460 g/mol. The fourth-order valence-corrected chi connectivity index (χ4v) is 14.3. The van der Waals surface area contributed by atoms with Crippen LogP contribution in [-0.2, 0) is 28.7 Å². The first-order valence-corrected chi connectivity index (χ1v) is 38.5. The van der Waals surface area contributed by atoms with Crippen molar-refractivity contribution in [2.45, 2.75) is 334 Å². The summed E-state index contributed by atoms with van der Waals surface area (Å²) in [4.78, 5) is 100. The van der Waals surface area contributed by atoms with E-state index in [4.69, 9.17) is 19.0 Å². The van der Waals surface area contributed by atoms with Crippen LogP contribution < -0.4 is 66.8 Å². The van der Waals surface area contributed by atoms with Crippen LogP contribution in [0.15, 0.2) is 45.6 Å². The number of alkyl carbamates (subject to hydrolysis) is 2. The molecule has 3 aliphatic carbocycles. The fourth-order valence-electron chi connectivity index (χ4n) is 14.3. The Kier molecular flexibility index (Phi) is 46.3. The first kappa shape index (κ1) is 94.2. The van der Waals surface area contributed by atoms with Gasteiger partial charge in [-0.3, -0.25) is 29.0 Å². The van der Waals surface area contributed by atoms with Crippen molar-refractivity contribution in [3.05, 3.63) is 48.3 Å². The maximum absolute atomic E-state index is 13.2. The number of carbonyl (C=O) groups is 8. The molecule has 3 saturated carbocycles. The average Bonchev–Trinajstić information content (AvgIpc) is 1.54. The van der Waals surface area contributed by atoms with E-state index in [0.717, 1.165) is 96.4 Å². The molecule has 3 radical (unpaired) electrons. The molecule has 6 aliphatic rings. The summed E-state index contributed by atoms with van der Waals surface area (Å²) >= 11 is 0. The van der Waals surface area contributed by atoms with E-state index < -0.39 is 53.6 Å². The van der Waals surface area contributed by atoms with Crippen LogP contribution in [0, 0.1) is 17.8 Å². The molecule has 5 amide bonds. The van der Waals surface area contributed by atoms with Gasteiger partial charge in [-0.25, -0.2) is 14.4 Å². The van der Waals surface area contributed by atoms with Gasteiger partial charge in [0.2, 0.25) is 17.6 Å². The van der Waals surface area contributed by atoms with Gasteiger partial charge in [0.1, 0.15) is 29.6 Å². The predicted molar refractivity (Wildman–Crippen MR) is 399 cm³/mol. The molecule has 10 N–H and O–H groups in total. The number of furan rings is 2. The van der Waals surface area contributed by atoms with E-state index in [0.29, 0.717) is 93.5 Å². The summed E-state index contributed by atoms with van der Waals surface area (Å²) in [6, 6.07) is 5.49. The number of aromatic carboxylic acids is 1. The van der Waals surface area contributed by atoms with E-state index in [1.54, 1.807) is 32.9 Å². The molecule has 0 unspecified atom stereocenters. The molecule has 2 aromatic rings. The third-order valence-corrected chi connectivity index (χ3v) is 19.9. The van der Waals surface area contributed by atoms with Crippen molar-refractivity contribution in [2.24, 2.45) is 17.8 Å². The van der Waals surface area contributed by atoms with Gasteiger partial charge in [0.25, 0.3) is 5.91 Å². The van der Waals surface area contributed by atoms with Gasteiger partial charge in [0, 0.05) is 58.6 Å². The second-order valence-corrected chi connectivity index (χ2v) is 31.1. The molecule has 0 aromatic carbocycles. The van der Waals surface area contributed by atoms with E-state index in [-0.39, 0.29) is 92.8 Å². The molecule has 26 heteroatoms. The molecule has 3 aliphatic heterocycles. The maximum atomic E-state index is 13.2. The molecule has 3 saturated heterocycles. The summed E-state index contributed by atoms with van der Waals surface area (Å²) in [6.45, 7) is 27.5. The maximum Gasteiger partial charge on any atom is 1.00 e. The smallest absolute Gasteiger partial charge is 1.00 e. The van der Waals surface area contributed by atoms with Crippen LogP contribution in [0.4, 0.5) is 9.59 Å². The van der Waals surface area contributed by atoms with Crippen LogP contribution in [0.3, 0.4) is 0 Å². The topological polar surface area (TPSA) is 333 Å². The number of rotatable bonds is 23. The van der Waals surface area contributed by atoms with Crippen LogP contribution in [0.5, 0.6) is 0 Å². The number of aliphatic hydroxyl groups is 2. The van der Waals surface area contributed by atoms with Crippen LogP contribution in [0.2, 0.25) is 0 Å². The van der Waals surface area contributed by atoms with Crippen molar-refractivity contribution in [1.29, 1.82) is 0 Å². The van der Waals surface area contributed by atoms with Crippen LogP contribution in [0.25, 0.3) is 0 Å². The zero-order valence-corrected chi connectivity index (χ0v) is 67.2. The molecule has 0 bridgehead atoms. The third-order valence-electron chi connectivity index (χ3n) is 19.9. The van der Waals surface area contributed by atoms with Gasteiger partial charge in [-0.05, 0) is 188 Å². The van der Waals surface area contributed by atoms with E-state index >= 15 is 0 Å². The van der Waals surface area contributed by atoms with E-state index in [1.807, 2.05) is 27.7 Å². The minimum absolute atomic E-state index is 0. The van der Waals surface area contributed by atoms with Crippen molar-refractivity contribution in [3.63, 3.8) is 0 Å². The second kappa shape index (κ2) is 50.7. The molecular formula is C77H134BN9NaO15. The molecule has 24 nitrogen and oxygen atoms in total. The van der Waals surface area contributed by atoms with E-state index in [1.165, 1.54) is 95.3 Å². The van der Waals surface area contributed by atoms with Gasteiger partial charge in [-0.1, -0.05) is 117 Å². The largest absolute Gasteiger partial charge is 1.00 e. The van der Waals surface area contributed by atoms with Gasteiger partial charge >= 0.3 is 47.7 Å². The molecule has 11 atom stereocenters. The van der Waals surface area contributed by atoms with Gasteiger partial charge in [0.05, 0.1) is 49.4 Å². The number of carbonyl (C=O) groups excluding carboxylic acids is 7. The SMILES string of the molecule is CCC=O.CCCN1CC(=O)[C@@H](NC[C@H](CC2CCCCC2)NC(=O)c2ccco2)CC[C@H]1C.CCCN1C[C@H](O)[C@@H](NC(=O)[C@H](CC2CCCCC2)NC(=O)OC(C)(C)C)CC[C@H]1C.C[C@@H]1CC[C@H](NC(=O)[C@H](CC2CCCCC2)NC(=O)OC(C)(C)C)[C@@H](O)CN1.O=C(O)c1ccco1.[B].[H-].[Na+]. The summed E-state index contributed by atoms with van der Waals surface area (Å²) in [5.74, 6) is 0.468. The van der Waals surface area contributed by atoms with Gasteiger partial charge < -0.3 is 77.1 Å². The number of nitrogens with one attached hydrogen (secondary N) is 7. The summed E-state index contributed by atoms with van der Waals surface area (Å²) < 4.78 is 20.5. The molecule has 103 heavy (non-hydrogen) atoms. The molecule has 8 rings (SSSR count). The number of Topliss-reactive ketones (excluding diaryl/α,β-unsaturated/α-hetero) is 1. The summed E-state index contributed by atoms with van der Waals surface area (Å²) in [5.41, 5.74) is -1.23. The fraction of sp³-hybridized carbons (Fsp3) is 0.792. The Labute approximate surface area is 642 Å². The quantitative estimate of drug-likeness (QED) is 0.0371. The Morgan fingerprint density at radius 2 is 1.06 bits per heavy atom. The van der Waals surface area contributed by atoms with E-state index in [9.17, 15) is 48.6 Å². The number of likely N-dealkylation sites (tertiary alicyclic amines) is 2. The zero-order valence-electron chi connectivity index (χ0n) is 66.2. The molecule has 581 valence electrons. The Hall–Kier alpha value is -4.86.